The Hall–Kier alpha value is -3.66. The first-order valence-electron chi connectivity index (χ1n) is 11.0. The number of nitrogens with zero attached hydrogens (tertiary/aromatic N) is 4. The molecule has 2 amide bonds. The van der Waals surface area contributed by atoms with E-state index in [0.29, 0.717) is 49.8 Å². The maximum Gasteiger partial charge on any atom is 0.275 e. The molecule has 0 bridgehead atoms. The minimum atomic E-state index is -0.432. The standard InChI is InChI=1S/C23H27N7O3/c24-19-5-1-2-9-30(19)22(25)17-4-3-6-20(27-17)28-23(33)18-12-16-14-29(21(32)8-11-31)10-7-15(16)13-26-18/h3-4,6,12-13,24-25,31H,1-2,5,7-11,14H2,(H,27,28,33). The Bertz CT molecular complexity index is 1100. The van der Waals surface area contributed by atoms with E-state index in [0.717, 1.165) is 24.0 Å². The molecule has 0 atom stereocenters. The normalized spacial score (nSPS) is 15.7. The Morgan fingerprint density at radius 2 is 1.97 bits per heavy atom. The predicted molar refractivity (Wildman–Crippen MR) is 122 cm³/mol. The number of amidine groups is 2. The SMILES string of the molecule is N=C1CCCCN1C(=N)c1cccc(NC(=O)c2cc3c(cn2)CCN(C(=O)CCO)C3)n1. The van der Waals surface area contributed by atoms with Crippen molar-refractivity contribution in [3.8, 4) is 0 Å². The number of hydrogen-bond donors (Lipinski definition) is 4. The number of amides is 2. The van der Waals surface area contributed by atoms with Gasteiger partial charge in [-0.2, -0.15) is 0 Å². The molecule has 0 aromatic carbocycles. The Kier molecular flexibility index (Phi) is 6.74. The van der Waals surface area contributed by atoms with Crippen LogP contribution in [0.15, 0.2) is 30.5 Å². The van der Waals surface area contributed by atoms with Crippen LogP contribution in [0.1, 0.15) is 53.0 Å². The third kappa shape index (κ3) is 5.06. The summed E-state index contributed by atoms with van der Waals surface area (Å²) in [5, 5.41) is 28.3. The Morgan fingerprint density at radius 1 is 1.12 bits per heavy atom. The second-order valence-electron chi connectivity index (χ2n) is 8.14. The van der Waals surface area contributed by atoms with Gasteiger partial charge in [0.25, 0.3) is 5.91 Å². The van der Waals surface area contributed by atoms with Crippen LogP contribution in [-0.2, 0) is 17.8 Å². The van der Waals surface area contributed by atoms with Gasteiger partial charge < -0.3 is 20.2 Å². The number of aliphatic hydroxyl groups excluding tert-OH is 1. The van der Waals surface area contributed by atoms with E-state index in [1.165, 1.54) is 0 Å². The summed E-state index contributed by atoms with van der Waals surface area (Å²) in [6.45, 7) is 1.38. The number of aromatic nitrogens is 2. The van der Waals surface area contributed by atoms with Gasteiger partial charge in [0.15, 0.2) is 5.84 Å². The number of carbonyl (C=O) groups is 2. The molecule has 10 nitrogen and oxygen atoms in total. The Balaban J connectivity index is 1.46. The third-order valence-electron chi connectivity index (χ3n) is 5.88. The van der Waals surface area contributed by atoms with Crippen molar-refractivity contribution >= 4 is 29.3 Å². The van der Waals surface area contributed by atoms with E-state index >= 15 is 0 Å². The topological polar surface area (TPSA) is 146 Å². The van der Waals surface area contributed by atoms with Crippen LogP contribution in [0.2, 0.25) is 0 Å². The lowest BCUT2D eigenvalue weighted by Crippen LogP contribution is -2.40. The van der Waals surface area contributed by atoms with Gasteiger partial charge in [-0.3, -0.25) is 25.4 Å². The van der Waals surface area contributed by atoms with Crippen molar-refractivity contribution in [3.05, 3.63) is 53.0 Å². The molecule has 0 radical (unpaired) electrons. The summed E-state index contributed by atoms with van der Waals surface area (Å²) in [6.07, 6.45) is 4.92. The zero-order valence-electron chi connectivity index (χ0n) is 18.3. The quantitative estimate of drug-likeness (QED) is 0.404. The van der Waals surface area contributed by atoms with E-state index in [4.69, 9.17) is 15.9 Å². The minimum absolute atomic E-state index is 0.0850. The highest BCUT2D eigenvalue weighted by molar-refractivity contribution is 6.07. The van der Waals surface area contributed by atoms with Crippen LogP contribution in [0.25, 0.3) is 0 Å². The van der Waals surface area contributed by atoms with Gasteiger partial charge in [-0.1, -0.05) is 6.07 Å². The van der Waals surface area contributed by atoms with Gasteiger partial charge in [-0.15, -0.1) is 0 Å². The summed E-state index contributed by atoms with van der Waals surface area (Å²) >= 11 is 0. The van der Waals surface area contributed by atoms with Crippen LogP contribution in [0.3, 0.4) is 0 Å². The summed E-state index contributed by atoms with van der Waals surface area (Å²) in [5.74, 6) is 0.308. The maximum atomic E-state index is 12.8. The number of pyridine rings is 2. The molecule has 4 N–H and O–H groups in total. The number of likely N-dealkylation sites (tertiary alicyclic amines) is 1. The number of aliphatic hydroxyl groups is 1. The van der Waals surface area contributed by atoms with E-state index in [9.17, 15) is 9.59 Å². The highest BCUT2D eigenvalue weighted by atomic mass is 16.3. The Morgan fingerprint density at radius 3 is 2.76 bits per heavy atom. The maximum absolute atomic E-state index is 12.8. The van der Waals surface area contributed by atoms with Crippen LogP contribution in [0.5, 0.6) is 0 Å². The molecular formula is C23H27N7O3. The lowest BCUT2D eigenvalue weighted by molar-refractivity contribution is -0.132. The first kappa shape index (κ1) is 22.5. The van der Waals surface area contributed by atoms with E-state index in [1.54, 1.807) is 40.3 Å². The zero-order valence-corrected chi connectivity index (χ0v) is 18.3. The molecule has 0 unspecified atom stereocenters. The van der Waals surface area contributed by atoms with Crippen LogP contribution < -0.4 is 5.32 Å². The predicted octanol–water partition coefficient (Wildman–Crippen LogP) is 1.78. The highest BCUT2D eigenvalue weighted by Crippen LogP contribution is 2.20. The first-order valence-corrected chi connectivity index (χ1v) is 11.0. The van der Waals surface area contributed by atoms with Crippen molar-refractivity contribution in [1.82, 2.24) is 19.8 Å². The molecule has 0 saturated carbocycles. The van der Waals surface area contributed by atoms with Gasteiger partial charge in [0.2, 0.25) is 5.91 Å². The molecule has 1 fully saturated rings. The van der Waals surface area contributed by atoms with Crippen molar-refractivity contribution in [2.24, 2.45) is 0 Å². The second kappa shape index (κ2) is 9.86. The zero-order chi connectivity index (χ0) is 23.4. The lowest BCUT2D eigenvalue weighted by Gasteiger charge is -2.29. The number of carbonyl (C=O) groups excluding carboxylic acids is 2. The molecule has 4 rings (SSSR count). The van der Waals surface area contributed by atoms with Crippen molar-refractivity contribution in [3.63, 3.8) is 0 Å². The van der Waals surface area contributed by atoms with Gasteiger partial charge in [0.05, 0.1) is 6.61 Å². The molecule has 0 spiro atoms. The minimum Gasteiger partial charge on any atom is -0.396 e. The van der Waals surface area contributed by atoms with Crippen molar-refractivity contribution < 1.29 is 14.7 Å². The molecule has 1 saturated heterocycles. The molecule has 4 heterocycles. The van der Waals surface area contributed by atoms with Crippen LogP contribution in [0, 0.1) is 10.8 Å². The summed E-state index contributed by atoms with van der Waals surface area (Å²) < 4.78 is 0. The average molecular weight is 450 g/mol. The first-order chi connectivity index (χ1) is 16.0. The summed E-state index contributed by atoms with van der Waals surface area (Å²) in [5.41, 5.74) is 2.46. The summed E-state index contributed by atoms with van der Waals surface area (Å²) in [6, 6.07) is 6.73. The largest absolute Gasteiger partial charge is 0.396 e. The number of anilines is 1. The molecule has 33 heavy (non-hydrogen) atoms. The fourth-order valence-electron chi connectivity index (χ4n) is 4.06. The molecule has 2 aromatic rings. The number of piperidine rings is 1. The molecule has 2 aromatic heterocycles. The van der Waals surface area contributed by atoms with E-state index in [2.05, 4.69) is 15.3 Å². The van der Waals surface area contributed by atoms with Crippen molar-refractivity contribution in [1.29, 1.82) is 10.8 Å². The smallest absolute Gasteiger partial charge is 0.275 e. The summed E-state index contributed by atoms with van der Waals surface area (Å²) in [7, 11) is 0. The van der Waals surface area contributed by atoms with Gasteiger partial charge in [0.1, 0.15) is 23.0 Å². The Labute approximate surface area is 191 Å². The molecule has 172 valence electrons. The van der Waals surface area contributed by atoms with Crippen LogP contribution in [-0.4, -0.2) is 68.1 Å². The van der Waals surface area contributed by atoms with Gasteiger partial charge in [-0.25, -0.2) is 4.98 Å². The van der Waals surface area contributed by atoms with E-state index in [1.807, 2.05) is 0 Å². The number of nitrogens with one attached hydrogen (secondary N) is 3. The number of fused-ring (bicyclic) bond motifs is 1. The average Bonchev–Trinajstić information content (AvgIpc) is 2.83. The second-order valence-corrected chi connectivity index (χ2v) is 8.14. The fraction of sp³-hybridized carbons (Fsp3) is 0.391. The van der Waals surface area contributed by atoms with E-state index in [-0.39, 0.29) is 30.5 Å². The monoisotopic (exact) mass is 449 g/mol. The van der Waals surface area contributed by atoms with Gasteiger partial charge in [0, 0.05) is 38.7 Å². The van der Waals surface area contributed by atoms with Gasteiger partial charge in [-0.05, 0) is 48.6 Å². The molecule has 10 heteroatoms. The third-order valence-corrected chi connectivity index (χ3v) is 5.88. The fourth-order valence-corrected chi connectivity index (χ4v) is 4.06. The van der Waals surface area contributed by atoms with Crippen LogP contribution in [0.4, 0.5) is 5.82 Å². The van der Waals surface area contributed by atoms with Crippen molar-refractivity contribution in [2.75, 3.05) is 25.0 Å². The molecule has 2 aliphatic rings. The molecule has 0 aliphatic carbocycles. The molecule has 2 aliphatic heterocycles. The van der Waals surface area contributed by atoms with E-state index < -0.39 is 5.91 Å². The summed E-state index contributed by atoms with van der Waals surface area (Å²) in [4.78, 5) is 36.9. The van der Waals surface area contributed by atoms with Gasteiger partial charge >= 0.3 is 0 Å². The van der Waals surface area contributed by atoms with Crippen LogP contribution >= 0.6 is 0 Å². The number of rotatable bonds is 5. The number of hydrogen-bond acceptors (Lipinski definition) is 7. The van der Waals surface area contributed by atoms with Crippen molar-refractivity contribution in [2.45, 2.75) is 38.6 Å². The molecular weight excluding hydrogens is 422 g/mol. The highest BCUT2D eigenvalue weighted by Gasteiger charge is 2.23. The lowest BCUT2D eigenvalue weighted by atomic mass is 10.0.